The molecule has 1 aliphatic heterocycles. The molecule has 0 saturated carbocycles. The van der Waals surface area contributed by atoms with Crippen LogP contribution in [0.5, 0.6) is 5.75 Å². The lowest BCUT2D eigenvalue weighted by Gasteiger charge is -2.31. The fraction of sp³-hybridized carbons (Fsp3) is 0.0588. The number of nitrogens with one attached hydrogen (secondary N) is 2. The molecule has 24 heavy (non-hydrogen) atoms. The number of hydrogen-bond donors (Lipinski definition) is 4. The van der Waals surface area contributed by atoms with Gasteiger partial charge in [0.1, 0.15) is 5.75 Å². The molecule has 0 aliphatic carbocycles. The van der Waals surface area contributed by atoms with Crippen LogP contribution in [-0.4, -0.2) is 16.1 Å². The third kappa shape index (κ3) is 3.13. The molecule has 0 unspecified atom stereocenters. The zero-order valence-corrected chi connectivity index (χ0v) is 14.8. The number of primary amides is 1. The second kappa shape index (κ2) is 6.62. The molecule has 5 nitrogen and oxygen atoms in total. The summed E-state index contributed by atoms with van der Waals surface area (Å²) >= 11 is 8.57. The highest BCUT2D eigenvalue weighted by Gasteiger charge is 2.31. The minimum absolute atomic E-state index is 0.114. The number of nitrogens with two attached hydrogens (primary N) is 1. The molecule has 2 aromatic carbocycles. The van der Waals surface area contributed by atoms with Crippen molar-refractivity contribution in [3.05, 3.63) is 69.7 Å². The second-order valence-electron chi connectivity index (χ2n) is 5.26. The maximum Gasteiger partial charge on any atom is 0.249 e. The smallest absolute Gasteiger partial charge is 0.249 e. The molecule has 1 heterocycles. The number of rotatable bonds is 3. The summed E-state index contributed by atoms with van der Waals surface area (Å²) in [7, 11) is 0. The van der Waals surface area contributed by atoms with Gasteiger partial charge in [-0.1, -0.05) is 36.4 Å². The second-order valence-corrected chi connectivity index (χ2v) is 6.52. The van der Waals surface area contributed by atoms with Gasteiger partial charge in [-0.2, -0.15) is 0 Å². The van der Waals surface area contributed by atoms with Crippen LogP contribution in [0.4, 0.5) is 0 Å². The molecule has 1 atom stereocenters. The fourth-order valence-corrected chi connectivity index (χ4v) is 3.23. The highest BCUT2D eigenvalue weighted by atomic mass is 79.9. The molecule has 0 saturated heterocycles. The lowest BCUT2D eigenvalue weighted by atomic mass is 9.92. The normalized spacial score (nSPS) is 17.2. The summed E-state index contributed by atoms with van der Waals surface area (Å²) in [6.07, 6.45) is 0. The predicted octanol–water partition coefficient (Wildman–Crippen LogP) is 2.57. The van der Waals surface area contributed by atoms with Crippen LogP contribution in [0.2, 0.25) is 0 Å². The summed E-state index contributed by atoms with van der Waals surface area (Å²) in [4.78, 5) is 12.2. The maximum absolute atomic E-state index is 12.2. The van der Waals surface area contributed by atoms with E-state index in [9.17, 15) is 9.90 Å². The summed E-state index contributed by atoms with van der Waals surface area (Å²) in [6.45, 7) is 0. The maximum atomic E-state index is 12.2. The van der Waals surface area contributed by atoms with E-state index < -0.39 is 11.9 Å². The number of hydrogen-bond acceptors (Lipinski definition) is 3. The molecule has 1 aliphatic rings. The van der Waals surface area contributed by atoms with Gasteiger partial charge >= 0.3 is 0 Å². The first-order chi connectivity index (χ1) is 11.5. The number of benzene rings is 2. The Morgan fingerprint density at radius 2 is 1.92 bits per heavy atom. The Balaban J connectivity index is 2.18. The number of thiocarbonyl (C=S) groups is 1. The largest absolute Gasteiger partial charge is 0.507 e. The Morgan fingerprint density at radius 3 is 2.54 bits per heavy atom. The summed E-state index contributed by atoms with van der Waals surface area (Å²) in [5.74, 6) is -0.436. The first-order valence-corrected chi connectivity index (χ1v) is 8.33. The number of carbonyl (C=O) groups is 1. The average molecular weight is 404 g/mol. The van der Waals surface area contributed by atoms with Gasteiger partial charge in [-0.05, 0) is 51.4 Å². The molecule has 3 rings (SSSR count). The van der Waals surface area contributed by atoms with Crippen LogP contribution in [0, 0.1) is 0 Å². The average Bonchev–Trinajstić information content (AvgIpc) is 2.57. The summed E-state index contributed by atoms with van der Waals surface area (Å²) in [6, 6.07) is 13.9. The van der Waals surface area contributed by atoms with Crippen molar-refractivity contribution in [3.8, 4) is 5.75 Å². The van der Waals surface area contributed by atoms with Gasteiger partial charge < -0.3 is 21.5 Å². The number of amides is 1. The van der Waals surface area contributed by atoms with Crippen molar-refractivity contribution in [2.45, 2.75) is 6.04 Å². The fourth-order valence-electron chi connectivity index (χ4n) is 2.62. The highest BCUT2D eigenvalue weighted by molar-refractivity contribution is 9.10. The lowest BCUT2D eigenvalue weighted by Crippen LogP contribution is -2.46. The molecule has 0 radical (unpaired) electrons. The molecule has 0 fully saturated rings. The SMILES string of the molecule is NC(=O)C1=C(c2ccccc2)NC(=S)N[C@H]1c1ccc(O)c(Br)c1. The quantitative estimate of drug-likeness (QED) is 0.591. The van der Waals surface area contributed by atoms with Gasteiger partial charge in [-0.3, -0.25) is 4.79 Å². The molecule has 2 aromatic rings. The van der Waals surface area contributed by atoms with E-state index in [0.717, 1.165) is 11.1 Å². The number of aromatic hydroxyl groups is 1. The van der Waals surface area contributed by atoms with Gasteiger partial charge in [0.15, 0.2) is 5.11 Å². The number of carbonyl (C=O) groups excluding carboxylic acids is 1. The van der Waals surface area contributed by atoms with Gasteiger partial charge in [0.25, 0.3) is 0 Å². The summed E-state index contributed by atoms with van der Waals surface area (Å²) in [5, 5.41) is 16.2. The number of halogens is 1. The van der Waals surface area contributed by atoms with E-state index in [1.165, 1.54) is 0 Å². The van der Waals surface area contributed by atoms with Crippen molar-refractivity contribution >= 4 is 44.9 Å². The Bertz CT molecular complexity index is 852. The summed E-state index contributed by atoms with van der Waals surface area (Å²) in [5.41, 5.74) is 8.19. The predicted molar refractivity (Wildman–Crippen MR) is 100.0 cm³/mol. The van der Waals surface area contributed by atoms with Crippen molar-refractivity contribution in [3.63, 3.8) is 0 Å². The molecule has 1 amide bonds. The third-order valence-electron chi connectivity index (χ3n) is 3.70. The standard InChI is InChI=1S/C17H14BrN3O2S/c18-11-8-10(6-7-12(11)22)15-13(16(19)23)14(20-17(24)21-15)9-4-2-1-3-5-9/h1-8,15,22H,(H2,19,23)(H2,20,21,24)/t15-/m0/s1. The zero-order chi connectivity index (χ0) is 17.3. The highest BCUT2D eigenvalue weighted by Crippen LogP contribution is 2.34. The van der Waals surface area contributed by atoms with E-state index in [0.29, 0.717) is 20.9 Å². The van der Waals surface area contributed by atoms with E-state index in [-0.39, 0.29) is 5.75 Å². The van der Waals surface area contributed by atoms with Crippen LogP contribution < -0.4 is 16.4 Å². The van der Waals surface area contributed by atoms with Crippen molar-refractivity contribution in [1.82, 2.24) is 10.6 Å². The molecular formula is C17H14BrN3O2S. The Morgan fingerprint density at radius 1 is 1.21 bits per heavy atom. The monoisotopic (exact) mass is 403 g/mol. The van der Waals surface area contributed by atoms with Crippen LogP contribution in [-0.2, 0) is 4.79 Å². The number of phenols is 1. The van der Waals surface area contributed by atoms with Crippen LogP contribution in [0.3, 0.4) is 0 Å². The molecule has 0 aromatic heterocycles. The van der Waals surface area contributed by atoms with Gasteiger partial charge in [0, 0.05) is 0 Å². The van der Waals surface area contributed by atoms with Gasteiger partial charge in [-0.15, -0.1) is 0 Å². The van der Waals surface area contributed by atoms with Crippen molar-refractivity contribution < 1.29 is 9.90 Å². The third-order valence-corrected chi connectivity index (χ3v) is 4.56. The molecule has 0 bridgehead atoms. The topological polar surface area (TPSA) is 87.4 Å². The van der Waals surface area contributed by atoms with Gasteiger partial charge in [-0.25, -0.2) is 0 Å². The van der Waals surface area contributed by atoms with Gasteiger partial charge in [0.2, 0.25) is 5.91 Å². The first-order valence-electron chi connectivity index (χ1n) is 7.12. The zero-order valence-electron chi connectivity index (χ0n) is 12.4. The van der Waals surface area contributed by atoms with Crippen molar-refractivity contribution in [2.75, 3.05) is 0 Å². The van der Waals surface area contributed by atoms with Crippen LogP contribution in [0.25, 0.3) is 5.70 Å². The van der Waals surface area contributed by atoms with E-state index in [1.54, 1.807) is 18.2 Å². The van der Waals surface area contributed by atoms with Gasteiger partial charge in [0.05, 0.1) is 21.8 Å². The Labute approximate surface area is 152 Å². The molecule has 7 heteroatoms. The van der Waals surface area contributed by atoms with Crippen LogP contribution in [0.1, 0.15) is 17.2 Å². The minimum atomic E-state index is -0.550. The molecular weight excluding hydrogens is 390 g/mol. The lowest BCUT2D eigenvalue weighted by molar-refractivity contribution is -0.114. The molecule has 0 spiro atoms. The Hall–Kier alpha value is -2.38. The molecule has 5 N–H and O–H groups in total. The van der Waals surface area contributed by atoms with E-state index in [4.69, 9.17) is 18.0 Å². The van der Waals surface area contributed by atoms with E-state index >= 15 is 0 Å². The van der Waals surface area contributed by atoms with E-state index in [1.807, 2.05) is 30.3 Å². The summed E-state index contributed by atoms with van der Waals surface area (Å²) < 4.78 is 0.524. The number of phenolic OH excluding ortho intramolecular Hbond substituents is 1. The van der Waals surface area contributed by atoms with E-state index in [2.05, 4.69) is 26.6 Å². The molecule has 122 valence electrons. The van der Waals surface area contributed by atoms with Crippen LogP contribution >= 0.6 is 28.1 Å². The van der Waals surface area contributed by atoms with Crippen molar-refractivity contribution in [2.24, 2.45) is 5.73 Å². The first kappa shape index (κ1) is 16.5. The Kier molecular flexibility index (Phi) is 4.55. The van der Waals surface area contributed by atoms with Crippen molar-refractivity contribution in [1.29, 1.82) is 0 Å². The minimum Gasteiger partial charge on any atom is -0.507 e. The van der Waals surface area contributed by atoms with Crippen LogP contribution in [0.15, 0.2) is 58.6 Å².